The van der Waals surface area contributed by atoms with Crippen molar-refractivity contribution in [2.24, 2.45) is 0 Å². The molecule has 1 saturated heterocycles. The van der Waals surface area contributed by atoms with E-state index in [1.807, 2.05) is 32.0 Å². The van der Waals surface area contributed by atoms with Crippen molar-refractivity contribution in [1.29, 1.82) is 0 Å². The van der Waals surface area contributed by atoms with Gasteiger partial charge in [0.25, 0.3) is 15.9 Å². The molecule has 0 radical (unpaired) electrons. The lowest BCUT2D eigenvalue weighted by Crippen LogP contribution is -2.59. The molecule has 3 aromatic rings. The fourth-order valence-electron chi connectivity index (χ4n) is 6.61. The van der Waals surface area contributed by atoms with E-state index in [0.29, 0.717) is 12.2 Å². The van der Waals surface area contributed by atoms with Crippen LogP contribution >= 0.6 is 0 Å². The van der Waals surface area contributed by atoms with Crippen molar-refractivity contribution in [3.05, 3.63) is 70.9 Å². The zero-order chi connectivity index (χ0) is 31.7. The second-order valence-electron chi connectivity index (χ2n) is 12.2. The van der Waals surface area contributed by atoms with Crippen LogP contribution in [0.15, 0.2) is 53.4 Å². The fourth-order valence-corrected chi connectivity index (χ4v) is 7.60. The molecule has 3 amide bonds. The molecule has 1 saturated carbocycles. The van der Waals surface area contributed by atoms with Gasteiger partial charge in [-0.2, -0.15) is 0 Å². The summed E-state index contributed by atoms with van der Waals surface area (Å²) in [5, 5.41) is 3.18. The highest BCUT2D eigenvalue weighted by atomic mass is 32.2. The first-order valence-corrected chi connectivity index (χ1v) is 17.1. The number of urea groups is 1. The van der Waals surface area contributed by atoms with E-state index in [4.69, 9.17) is 0 Å². The van der Waals surface area contributed by atoms with Crippen LogP contribution in [0, 0.1) is 13.8 Å². The summed E-state index contributed by atoms with van der Waals surface area (Å²) in [6.07, 6.45) is 6.29. The van der Waals surface area contributed by atoms with Gasteiger partial charge in [-0.05, 0) is 62.1 Å². The summed E-state index contributed by atoms with van der Waals surface area (Å²) in [6, 6.07) is 12.4. The van der Waals surface area contributed by atoms with E-state index < -0.39 is 22.0 Å². The van der Waals surface area contributed by atoms with Gasteiger partial charge in [0.05, 0.1) is 16.6 Å². The normalized spacial score (nSPS) is 20.5. The van der Waals surface area contributed by atoms with Crippen molar-refractivity contribution in [3.63, 3.8) is 0 Å². The number of benzene rings is 2. The molecule has 236 valence electrons. The first-order valence-electron chi connectivity index (χ1n) is 15.6. The molecule has 12 heteroatoms. The second-order valence-corrected chi connectivity index (χ2v) is 13.9. The number of carbonyl (C=O) groups is 3. The summed E-state index contributed by atoms with van der Waals surface area (Å²) in [6.45, 7) is 4.50. The minimum Gasteiger partial charge on any atom is -0.335 e. The zero-order valence-electron chi connectivity index (χ0n) is 25.6. The summed E-state index contributed by atoms with van der Waals surface area (Å²) in [7, 11) is -4.20. The Kier molecular flexibility index (Phi) is 8.59. The van der Waals surface area contributed by atoms with Crippen molar-refractivity contribution < 1.29 is 22.8 Å². The van der Waals surface area contributed by atoms with Crippen LogP contribution in [-0.2, 0) is 10.0 Å². The molecule has 0 unspecified atom stereocenters. The summed E-state index contributed by atoms with van der Waals surface area (Å²) < 4.78 is 29.4. The highest BCUT2D eigenvalue weighted by molar-refractivity contribution is 7.92. The number of nitrogens with one attached hydrogen (secondary N) is 2. The lowest BCUT2D eigenvalue weighted by Gasteiger charge is -2.41. The topological polar surface area (TPSA) is 142 Å². The number of piperazine rings is 1. The number of aromatic nitrogens is 2. The van der Waals surface area contributed by atoms with Crippen molar-refractivity contribution >= 4 is 33.7 Å². The summed E-state index contributed by atoms with van der Waals surface area (Å²) in [5.41, 5.74) is 3.20. The predicted octanol–water partition coefficient (Wildman–Crippen LogP) is 4.71. The Labute approximate surface area is 263 Å². The van der Waals surface area contributed by atoms with Crippen LogP contribution in [0.4, 0.5) is 10.7 Å². The number of aryl methyl sites for hydroxylation is 2. The molecule has 6 rings (SSSR count). The largest absolute Gasteiger partial charge is 0.335 e. The molecular weight excluding hydrogens is 592 g/mol. The quantitative estimate of drug-likeness (QED) is 0.391. The lowest BCUT2D eigenvalue weighted by molar-refractivity contribution is 0.0479. The molecule has 2 N–H and O–H groups in total. The molecule has 1 atom stereocenters. The highest BCUT2D eigenvalue weighted by Gasteiger charge is 2.36. The third kappa shape index (κ3) is 6.56. The molecule has 3 heterocycles. The Hall–Kier alpha value is -4.32. The Morgan fingerprint density at radius 3 is 2.33 bits per heavy atom. The number of hydrogen-bond donors (Lipinski definition) is 2. The SMILES string of the molecule is Cc1cccc(C)c1-c1cc2nc(n1)NS(=O)(=O)c1cccc(c1)C(=O)N1CCN(C(=O)NC3CCCCCC3)C[C@H]1CC2=O. The van der Waals surface area contributed by atoms with E-state index in [9.17, 15) is 22.8 Å². The van der Waals surface area contributed by atoms with Crippen LogP contribution in [0.2, 0.25) is 0 Å². The third-order valence-corrected chi connectivity index (χ3v) is 10.3. The molecule has 0 spiro atoms. The maximum atomic E-state index is 14.0. The van der Waals surface area contributed by atoms with E-state index in [1.165, 1.54) is 31.0 Å². The van der Waals surface area contributed by atoms with Crippen molar-refractivity contribution in [3.8, 4) is 11.3 Å². The van der Waals surface area contributed by atoms with Crippen LogP contribution in [0.1, 0.15) is 76.9 Å². The van der Waals surface area contributed by atoms with E-state index in [2.05, 4.69) is 20.0 Å². The van der Waals surface area contributed by atoms with E-state index in [-0.39, 0.29) is 59.5 Å². The van der Waals surface area contributed by atoms with Gasteiger partial charge < -0.3 is 15.1 Å². The summed E-state index contributed by atoms with van der Waals surface area (Å²) in [5.74, 6) is -1.02. The Morgan fingerprint density at radius 1 is 0.911 bits per heavy atom. The molecule has 4 bridgehead atoms. The summed E-state index contributed by atoms with van der Waals surface area (Å²) in [4.78, 5) is 53.2. The number of nitrogens with zero attached hydrogens (tertiary/aromatic N) is 4. The van der Waals surface area contributed by atoms with Crippen LogP contribution in [0.25, 0.3) is 11.3 Å². The molecule has 1 aromatic heterocycles. The number of carbonyl (C=O) groups excluding carboxylic acids is 3. The smallest absolute Gasteiger partial charge is 0.317 e. The maximum absolute atomic E-state index is 14.0. The van der Waals surface area contributed by atoms with Crippen molar-refractivity contribution in [1.82, 2.24) is 25.1 Å². The number of amides is 3. The number of rotatable bonds is 2. The summed E-state index contributed by atoms with van der Waals surface area (Å²) >= 11 is 0. The predicted molar refractivity (Wildman–Crippen MR) is 170 cm³/mol. The van der Waals surface area contributed by atoms with Gasteiger partial charge in [0.15, 0.2) is 5.78 Å². The Balaban J connectivity index is 1.39. The molecular formula is C33H38N6O5S. The number of fused-ring (bicyclic) bond motifs is 5. The van der Waals surface area contributed by atoms with E-state index >= 15 is 0 Å². The number of Topliss-reactive ketones (excluding diaryl/α,β-unsaturated/α-hetero) is 1. The minimum atomic E-state index is -4.20. The Morgan fingerprint density at radius 2 is 1.60 bits per heavy atom. The first kappa shape index (κ1) is 30.7. The average molecular weight is 631 g/mol. The average Bonchev–Trinajstić information content (AvgIpc) is 3.28. The van der Waals surface area contributed by atoms with Crippen LogP contribution < -0.4 is 10.0 Å². The lowest BCUT2D eigenvalue weighted by atomic mass is 9.98. The van der Waals surface area contributed by atoms with Crippen LogP contribution in [0.3, 0.4) is 0 Å². The van der Waals surface area contributed by atoms with E-state index in [0.717, 1.165) is 42.4 Å². The number of hydrogen-bond acceptors (Lipinski definition) is 7. The third-order valence-electron chi connectivity index (χ3n) is 9.00. The van der Waals surface area contributed by atoms with E-state index in [1.54, 1.807) is 21.9 Å². The molecule has 2 aliphatic heterocycles. The minimum absolute atomic E-state index is 0.0266. The molecule has 2 aromatic carbocycles. The van der Waals surface area contributed by atoms with Crippen molar-refractivity contribution in [2.75, 3.05) is 24.4 Å². The molecule has 1 aliphatic carbocycles. The van der Waals surface area contributed by atoms with Gasteiger partial charge in [0, 0.05) is 43.2 Å². The molecule has 45 heavy (non-hydrogen) atoms. The molecule has 3 aliphatic rings. The van der Waals surface area contributed by atoms with Gasteiger partial charge in [-0.25, -0.2) is 27.9 Å². The zero-order valence-corrected chi connectivity index (χ0v) is 26.4. The van der Waals surface area contributed by atoms with Gasteiger partial charge in [-0.1, -0.05) is 49.9 Å². The van der Waals surface area contributed by atoms with Crippen LogP contribution in [0.5, 0.6) is 0 Å². The molecule has 2 fully saturated rings. The fraction of sp³-hybridized carbons (Fsp3) is 0.424. The first-order chi connectivity index (χ1) is 21.6. The van der Waals surface area contributed by atoms with Gasteiger partial charge in [-0.3, -0.25) is 9.59 Å². The van der Waals surface area contributed by atoms with Crippen LogP contribution in [-0.4, -0.2) is 77.6 Å². The maximum Gasteiger partial charge on any atom is 0.317 e. The Bertz CT molecular complexity index is 1730. The van der Waals surface area contributed by atoms with Gasteiger partial charge in [-0.15, -0.1) is 0 Å². The highest BCUT2D eigenvalue weighted by Crippen LogP contribution is 2.29. The number of sulfonamides is 1. The van der Waals surface area contributed by atoms with Crippen molar-refractivity contribution in [2.45, 2.75) is 75.8 Å². The number of anilines is 1. The van der Waals surface area contributed by atoms with Gasteiger partial charge >= 0.3 is 6.03 Å². The monoisotopic (exact) mass is 630 g/mol. The molecule has 11 nitrogen and oxygen atoms in total. The second kappa shape index (κ2) is 12.6. The van der Waals surface area contributed by atoms with Gasteiger partial charge in [0.1, 0.15) is 5.69 Å². The van der Waals surface area contributed by atoms with Gasteiger partial charge in [0.2, 0.25) is 5.95 Å². The standard InChI is InChI=1S/C33H38N6O5S/c1-21-9-7-10-22(2)30(21)28-19-27-29(40)18-25-20-38(33(42)34-24-12-5-3-4-6-13-24)15-16-39(25)31(41)23-11-8-14-26(17-23)45(43,44)37-32(35-27)36-28/h7-11,14,17,19,24-25H,3-6,12-13,15-16,18,20H2,1-2H3,(H,34,42)(H,35,36,37)/t25-/m1/s1. The number of ketones is 1.